The van der Waals surface area contributed by atoms with E-state index in [0.29, 0.717) is 6.61 Å². The molecule has 0 fully saturated rings. The van der Waals surface area contributed by atoms with Gasteiger partial charge < -0.3 is 4.74 Å². The van der Waals surface area contributed by atoms with Gasteiger partial charge in [-0.2, -0.15) is 10.8 Å². The number of hydrogen-bond donors (Lipinski definition) is 1. The first-order valence-corrected chi connectivity index (χ1v) is 8.98. The minimum atomic E-state index is -0.00624. The molecule has 3 aliphatic rings. The van der Waals surface area contributed by atoms with E-state index in [0.717, 1.165) is 39.8 Å². The van der Waals surface area contributed by atoms with E-state index in [4.69, 9.17) is 15.6 Å². The first kappa shape index (κ1) is 16.6. The second kappa shape index (κ2) is 6.53. The number of quaternary nitrogens is 1. The number of rotatable bonds is 5. The van der Waals surface area contributed by atoms with E-state index in [9.17, 15) is 0 Å². The van der Waals surface area contributed by atoms with E-state index in [1.807, 2.05) is 66.9 Å². The van der Waals surface area contributed by atoms with Crippen LogP contribution in [0.4, 0.5) is 0 Å². The fourth-order valence-corrected chi connectivity index (χ4v) is 3.31. The van der Waals surface area contributed by atoms with Gasteiger partial charge in [0.05, 0.1) is 23.7 Å². The zero-order chi connectivity index (χ0) is 19.0. The average molecular weight is 368 g/mol. The Morgan fingerprint density at radius 1 is 1.11 bits per heavy atom. The number of fused-ring (bicyclic) bond motifs is 1. The maximum atomic E-state index is 6.73. The van der Waals surface area contributed by atoms with Crippen LogP contribution in [0.1, 0.15) is 11.3 Å². The van der Waals surface area contributed by atoms with Crippen molar-refractivity contribution in [2.45, 2.75) is 6.61 Å². The molecular formula is C22H18N5O+. The zero-order valence-corrected chi connectivity index (χ0v) is 15.1. The number of nitrogens with two attached hydrogens (primary N) is 1. The minimum absolute atomic E-state index is 0.00624. The third kappa shape index (κ3) is 2.72. The molecule has 5 rings (SSSR count). The van der Waals surface area contributed by atoms with Crippen LogP contribution in [-0.4, -0.2) is 21.6 Å². The van der Waals surface area contributed by atoms with Crippen LogP contribution in [0.3, 0.4) is 0 Å². The highest BCUT2D eigenvalue weighted by Gasteiger charge is 2.44. The largest absolute Gasteiger partial charge is 0.487 e. The molecule has 1 aliphatic carbocycles. The first-order chi connectivity index (χ1) is 13.7. The minimum Gasteiger partial charge on any atom is -0.487 e. The van der Waals surface area contributed by atoms with Crippen LogP contribution >= 0.6 is 0 Å². The van der Waals surface area contributed by atoms with Crippen molar-refractivity contribution in [1.82, 2.24) is 4.98 Å². The molecule has 2 N–H and O–H groups in total. The molecule has 0 saturated heterocycles. The van der Waals surface area contributed by atoms with Crippen LogP contribution in [0.25, 0.3) is 0 Å². The van der Waals surface area contributed by atoms with E-state index in [2.05, 4.69) is 9.98 Å². The summed E-state index contributed by atoms with van der Waals surface area (Å²) in [7, 11) is 0. The fraction of sp³-hybridized carbons (Fsp3) is 0.0455. The Bertz CT molecular complexity index is 1120. The highest BCUT2D eigenvalue weighted by Crippen LogP contribution is 2.36. The van der Waals surface area contributed by atoms with Crippen molar-refractivity contribution in [3.8, 4) is 5.75 Å². The van der Waals surface area contributed by atoms with Gasteiger partial charge in [-0.25, -0.2) is 0 Å². The summed E-state index contributed by atoms with van der Waals surface area (Å²) < 4.78 is 5.92. The zero-order valence-electron chi connectivity index (χ0n) is 15.1. The van der Waals surface area contributed by atoms with Crippen molar-refractivity contribution in [3.63, 3.8) is 0 Å². The van der Waals surface area contributed by atoms with E-state index in [1.165, 1.54) is 0 Å². The standard InChI is InChI=1S/C22H18N5O/c23-27-12-11-24-14-20(27)21(16-5-3-6-16)26-22(27)17-7-4-9-19(13-17)28-15-18-8-1-2-10-25-18/h1-14H,15,23H2/q+1. The number of pyridine rings is 1. The summed E-state index contributed by atoms with van der Waals surface area (Å²) in [5, 5.41) is 0. The maximum absolute atomic E-state index is 6.73. The summed E-state index contributed by atoms with van der Waals surface area (Å²) in [6.07, 6.45) is 13.1. The topological polar surface area (TPSA) is 72.9 Å². The summed E-state index contributed by atoms with van der Waals surface area (Å²) in [5.41, 5.74) is 4.54. The molecule has 2 aliphatic heterocycles. The maximum Gasteiger partial charge on any atom is 0.265 e. The Kier molecular flexibility index (Phi) is 3.86. The SMILES string of the molecule is N[N+]12C=CN=CC1=C(C1=CC=C1)N=C2c1cccc(OCc2ccccn2)c1. The Morgan fingerprint density at radius 2 is 2.04 bits per heavy atom. The van der Waals surface area contributed by atoms with Crippen molar-refractivity contribution in [2.75, 3.05) is 0 Å². The lowest BCUT2D eigenvalue weighted by molar-refractivity contribution is -0.750. The van der Waals surface area contributed by atoms with Gasteiger partial charge in [0, 0.05) is 11.8 Å². The summed E-state index contributed by atoms with van der Waals surface area (Å²) in [5.74, 6) is 8.21. The second-order valence-corrected chi connectivity index (χ2v) is 6.64. The molecule has 0 spiro atoms. The molecule has 1 aromatic carbocycles. The van der Waals surface area contributed by atoms with Crippen molar-refractivity contribution in [2.24, 2.45) is 15.8 Å². The number of hydrogen-bond acceptors (Lipinski definition) is 5. The third-order valence-electron chi connectivity index (χ3n) is 4.82. The summed E-state index contributed by atoms with van der Waals surface area (Å²) in [6.45, 7) is 0.401. The lowest BCUT2D eigenvalue weighted by Crippen LogP contribution is -2.53. The van der Waals surface area contributed by atoms with Crippen LogP contribution in [0, 0.1) is 0 Å². The Hall–Kier alpha value is -3.61. The molecule has 6 heteroatoms. The lowest BCUT2D eigenvalue weighted by Gasteiger charge is -2.26. The molecule has 0 saturated carbocycles. The van der Waals surface area contributed by atoms with Crippen LogP contribution in [0.15, 0.2) is 106 Å². The quantitative estimate of drug-likeness (QED) is 0.650. The van der Waals surface area contributed by atoms with Gasteiger partial charge >= 0.3 is 0 Å². The molecule has 1 atom stereocenters. The van der Waals surface area contributed by atoms with Gasteiger partial charge in [-0.1, -0.05) is 30.4 Å². The van der Waals surface area contributed by atoms with Gasteiger partial charge in [-0.15, -0.1) is 4.59 Å². The van der Waals surface area contributed by atoms with Crippen molar-refractivity contribution >= 4 is 12.1 Å². The number of benzene rings is 1. The number of amidine groups is 1. The highest BCUT2D eigenvalue weighted by atomic mass is 16.5. The van der Waals surface area contributed by atoms with Crippen molar-refractivity contribution in [1.29, 1.82) is 0 Å². The lowest BCUT2D eigenvalue weighted by atomic mass is 10.0. The van der Waals surface area contributed by atoms with Crippen molar-refractivity contribution in [3.05, 3.63) is 108 Å². The molecular weight excluding hydrogens is 350 g/mol. The number of allylic oxidation sites excluding steroid dienone is 4. The summed E-state index contributed by atoms with van der Waals surface area (Å²) in [6, 6.07) is 13.6. The number of nitrogens with zero attached hydrogens (tertiary/aromatic N) is 4. The molecule has 0 radical (unpaired) electrons. The van der Waals surface area contributed by atoms with E-state index in [-0.39, 0.29) is 4.59 Å². The van der Waals surface area contributed by atoms with Gasteiger partial charge in [0.2, 0.25) is 5.70 Å². The summed E-state index contributed by atoms with van der Waals surface area (Å²) in [4.78, 5) is 13.4. The normalized spacial score (nSPS) is 21.9. The summed E-state index contributed by atoms with van der Waals surface area (Å²) >= 11 is 0. The van der Waals surface area contributed by atoms with Gasteiger partial charge in [-0.3, -0.25) is 9.98 Å². The van der Waals surface area contributed by atoms with Crippen LogP contribution in [0.5, 0.6) is 5.75 Å². The molecule has 6 nitrogen and oxygen atoms in total. The third-order valence-corrected chi connectivity index (χ3v) is 4.82. The smallest absolute Gasteiger partial charge is 0.265 e. The average Bonchev–Trinajstić information content (AvgIpc) is 2.99. The fourth-order valence-electron chi connectivity index (χ4n) is 3.31. The van der Waals surface area contributed by atoms with Crippen LogP contribution in [0.2, 0.25) is 0 Å². The van der Waals surface area contributed by atoms with E-state index < -0.39 is 0 Å². The number of aliphatic imine (C=N–C) groups is 2. The Balaban J connectivity index is 1.46. The van der Waals surface area contributed by atoms with Gasteiger partial charge in [0.1, 0.15) is 24.3 Å². The molecule has 0 amide bonds. The monoisotopic (exact) mass is 368 g/mol. The molecule has 0 bridgehead atoms. The molecule has 1 aromatic heterocycles. The first-order valence-electron chi connectivity index (χ1n) is 8.98. The highest BCUT2D eigenvalue weighted by molar-refractivity contribution is 6.01. The molecule has 136 valence electrons. The molecule has 3 heterocycles. The molecule has 2 aromatic rings. The van der Waals surface area contributed by atoms with Gasteiger partial charge in [0.15, 0.2) is 0 Å². The van der Waals surface area contributed by atoms with Crippen LogP contribution in [-0.2, 0) is 6.61 Å². The van der Waals surface area contributed by atoms with E-state index >= 15 is 0 Å². The Morgan fingerprint density at radius 3 is 2.82 bits per heavy atom. The van der Waals surface area contributed by atoms with E-state index in [1.54, 1.807) is 18.6 Å². The number of ether oxygens (including phenoxy) is 1. The Labute approximate surface area is 162 Å². The molecule has 1 unspecified atom stereocenters. The van der Waals surface area contributed by atoms with Crippen LogP contribution < -0.4 is 10.6 Å². The van der Waals surface area contributed by atoms with Gasteiger partial charge in [-0.05, 0) is 30.3 Å². The predicted molar refractivity (Wildman–Crippen MR) is 108 cm³/mol. The predicted octanol–water partition coefficient (Wildman–Crippen LogP) is 3.37. The van der Waals surface area contributed by atoms with Gasteiger partial charge in [0.25, 0.3) is 5.84 Å². The molecule has 28 heavy (non-hydrogen) atoms. The number of aromatic nitrogens is 1. The van der Waals surface area contributed by atoms with Crippen molar-refractivity contribution < 1.29 is 9.33 Å². The second-order valence-electron chi connectivity index (χ2n) is 6.64.